The first-order valence-corrected chi connectivity index (χ1v) is 5.04. The molecule has 86 valence electrons. The van der Waals surface area contributed by atoms with Gasteiger partial charge in [0.05, 0.1) is 0 Å². The molecular formula is C9H12N4O3. The lowest BCUT2D eigenvalue weighted by Crippen LogP contribution is -2.43. The average Bonchev–Trinajstić information content (AvgIpc) is 2.88. The van der Waals surface area contributed by atoms with Crippen molar-refractivity contribution in [1.29, 1.82) is 0 Å². The lowest BCUT2D eigenvalue weighted by molar-refractivity contribution is -0.140. The van der Waals surface area contributed by atoms with Gasteiger partial charge in [0, 0.05) is 6.42 Å². The zero-order valence-corrected chi connectivity index (χ0v) is 8.78. The van der Waals surface area contributed by atoms with Gasteiger partial charge in [0.25, 0.3) is 5.91 Å². The second-order valence-electron chi connectivity index (χ2n) is 3.80. The van der Waals surface area contributed by atoms with Gasteiger partial charge in [-0.3, -0.25) is 9.89 Å². The van der Waals surface area contributed by atoms with Crippen LogP contribution in [0.2, 0.25) is 0 Å². The Morgan fingerprint density at radius 2 is 2.25 bits per heavy atom. The van der Waals surface area contributed by atoms with Crippen LogP contribution in [0.3, 0.4) is 0 Å². The molecule has 3 N–H and O–H groups in total. The molecule has 1 aromatic rings. The highest BCUT2D eigenvalue weighted by Gasteiger charge is 2.52. The van der Waals surface area contributed by atoms with Crippen molar-refractivity contribution in [3.05, 3.63) is 11.6 Å². The lowest BCUT2D eigenvalue weighted by Gasteiger charge is -2.09. The third-order valence-electron chi connectivity index (χ3n) is 2.58. The van der Waals surface area contributed by atoms with Crippen LogP contribution in [0.15, 0.2) is 0 Å². The van der Waals surface area contributed by atoms with E-state index in [1.54, 1.807) is 0 Å². The normalized spacial score (nSPS) is 16.8. The summed E-state index contributed by atoms with van der Waals surface area (Å²) in [6, 6.07) is 0. The predicted molar refractivity (Wildman–Crippen MR) is 52.8 cm³/mol. The summed E-state index contributed by atoms with van der Waals surface area (Å²) in [5.74, 6) is -0.961. The van der Waals surface area contributed by atoms with E-state index >= 15 is 0 Å². The Morgan fingerprint density at radius 3 is 2.69 bits per heavy atom. The Hall–Kier alpha value is -1.92. The zero-order chi connectivity index (χ0) is 11.8. The van der Waals surface area contributed by atoms with E-state index < -0.39 is 17.4 Å². The largest absolute Gasteiger partial charge is 0.480 e. The number of rotatable bonds is 4. The molecular weight excluding hydrogens is 212 g/mol. The van der Waals surface area contributed by atoms with Gasteiger partial charge in [-0.05, 0) is 12.8 Å². The van der Waals surface area contributed by atoms with E-state index in [2.05, 4.69) is 20.5 Å². The van der Waals surface area contributed by atoms with Crippen molar-refractivity contribution in [1.82, 2.24) is 20.5 Å². The van der Waals surface area contributed by atoms with Crippen molar-refractivity contribution in [3.63, 3.8) is 0 Å². The zero-order valence-electron chi connectivity index (χ0n) is 8.78. The summed E-state index contributed by atoms with van der Waals surface area (Å²) < 4.78 is 0. The van der Waals surface area contributed by atoms with E-state index in [-0.39, 0.29) is 5.82 Å². The summed E-state index contributed by atoms with van der Waals surface area (Å²) in [6.07, 6.45) is 1.56. The summed E-state index contributed by atoms with van der Waals surface area (Å²) in [5.41, 5.74) is -1.09. The quantitative estimate of drug-likeness (QED) is 0.651. The monoisotopic (exact) mass is 224 g/mol. The SMILES string of the molecule is CCc1nc(C(=O)NC2(C(=O)O)CC2)n[nH]1. The molecule has 0 radical (unpaired) electrons. The van der Waals surface area contributed by atoms with Gasteiger partial charge in [0.1, 0.15) is 11.4 Å². The summed E-state index contributed by atoms with van der Waals surface area (Å²) in [7, 11) is 0. The number of aromatic nitrogens is 3. The number of aromatic amines is 1. The molecule has 1 aliphatic rings. The van der Waals surface area contributed by atoms with Crippen LogP contribution in [0.25, 0.3) is 0 Å². The predicted octanol–water partition coefficient (Wildman–Crippen LogP) is -0.286. The van der Waals surface area contributed by atoms with Crippen LogP contribution in [0.5, 0.6) is 0 Å². The molecule has 1 amide bonds. The van der Waals surface area contributed by atoms with Crippen molar-refractivity contribution < 1.29 is 14.7 Å². The van der Waals surface area contributed by atoms with Crippen molar-refractivity contribution in [3.8, 4) is 0 Å². The smallest absolute Gasteiger partial charge is 0.329 e. The number of nitrogens with zero attached hydrogens (tertiary/aromatic N) is 2. The van der Waals surface area contributed by atoms with E-state index in [1.807, 2.05) is 6.92 Å². The fourth-order valence-corrected chi connectivity index (χ4v) is 1.35. The van der Waals surface area contributed by atoms with Gasteiger partial charge in [-0.25, -0.2) is 9.78 Å². The minimum atomic E-state index is -1.09. The maximum Gasteiger partial charge on any atom is 0.329 e. The van der Waals surface area contributed by atoms with Gasteiger partial charge in [0.15, 0.2) is 0 Å². The maximum atomic E-state index is 11.6. The topological polar surface area (TPSA) is 108 Å². The molecule has 1 saturated carbocycles. The van der Waals surface area contributed by atoms with Crippen LogP contribution in [0.4, 0.5) is 0 Å². The van der Waals surface area contributed by atoms with E-state index in [9.17, 15) is 9.59 Å². The van der Waals surface area contributed by atoms with Crippen molar-refractivity contribution in [2.75, 3.05) is 0 Å². The van der Waals surface area contributed by atoms with Crippen LogP contribution >= 0.6 is 0 Å². The summed E-state index contributed by atoms with van der Waals surface area (Å²) >= 11 is 0. The Kier molecular flexibility index (Phi) is 2.37. The summed E-state index contributed by atoms with van der Waals surface area (Å²) in [4.78, 5) is 26.4. The van der Waals surface area contributed by atoms with E-state index in [4.69, 9.17) is 5.11 Å². The Balaban J connectivity index is 2.06. The fraction of sp³-hybridized carbons (Fsp3) is 0.556. The first-order chi connectivity index (χ1) is 7.57. The van der Waals surface area contributed by atoms with Gasteiger partial charge in [-0.2, -0.15) is 0 Å². The molecule has 7 nitrogen and oxygen atoms in total. The third kappa shape index (κ3) is 1.75. The molecule has 0 unspecified atom stereocenters. The number of carboxylic acids is 1. The van der Waals surface area contributed by atoms with E-state index in [0.29, 0.717) is 25.1 Å². The third-order valence-corrected chi connectivity index (χ3v) is 2.58. The minimum Gasteiger partial charge on any atom is -0.480 e. The molecule has 1 aliphatic carbocycles. The van der Waals surface area contributed by atoms with Gasteiger partial charge < -0.3 is 10.4 Å². The minimum absolute atomic E-state index is 0.00984. The molecule has 16 heavy (non-hydrogen) atoms. The number of carbonyl (C=O) groups excluding carboxylic acids is 1. The molecule has 0 bridgehead atoms. The van der Waals surface area contributed by atoms with Crippen LogP contribution in [-0.2, 0) is 11.2 Å². The summed E-state index contributed by atoms with van der Waals surface area (Å²) in [5, 5.41) is 17.6. The van der Waals surface area contributed by atoms with Gasteiger partial charge in [-0.1, -0.05) is 6.92 Å². The molecule has 1 heterocycles. The number of carbonyl (C=O) groups is 2. The number of nitrogens with one attached hydrogen (secondary N) is 2. The van der Waals surface area contributed by atoms with Crippen LogP contribution < -0.4 is 5.32 Å². The fourth-order valence-electron chi connectivity index (χ4n) is 1.35. The Bertz CT molecular complexity index is 436. The lowest BCUT2D eigenvalue weighted by atomic mass is 10.3. The van der Waals surface area contributed by atoms with E-state index in [1.165, 1.54) is 0 Å². The highest BCUT2D eigenvalue weighted by Crippen LogP contribution is 2.35. The van der Waals surface area contributed by atoms with Gasteiger partial charge >= 0.3 is 5.97 Å². The number of hydrogen-bond acceptors (Lipinski definition) is 4. The molecule has 2 rings (SSSR count). The maximum absolute atomic E-state index is 11.6. The second-order valence-corrected chi connectivity index (χ2v) is 3.80. The average molecular weight is 224 g/mol. The molecule has 0 saturated heterocycles. The number of aryl methyl sites for hydroxylation is 1. The van der Waals surface area contributed by atoms with Gasteiger partial charge in [0.2, 0.25) is 5.82 Å². The molecule has 1 fully saturated rings. The Morgan fingerprint density at radius 1 is 1.56 bits per heavy atom. The second kappa shape index (κ2) is 3.58. The van der Waals surface area contributed by atoms with Crippen molar-refractivity contribution in [2.45, 2.75) is 31.7 Å². The first kappa shape index (κ1) is 10.6. The first-order valence-electron chi connectivity index (χ1n) is 5.04. The number of hydrogen-bond donors (Lipinski definition) is 3. The van der Waals surface area contributed by atoms with Crippen molar-refractivity contribution >= 4 is 11.9 Å². The van der Waals surface area contributed by atoms with Crippen molar-refractivity contribution in [2.24, 2.45) is 0 Å². The Labute approximate surface area is 91.3 Å². The number of amides is 1. The van der Waals surface area contributed by atoms with E-state index in [0.717, 1.165) is 0 Å². The van der Waals surface area contributed by atoms with Crippen LogP contribution in [-0.4, -0.2) is 37.7 Å². The highest BCUT2D eigenvalue weighted by atomic mass is 16.4. The molecule has 7 heteroatoms. The molecule has 0 spiro atoms. The standard InChI is InChI=1S/C9H12N4O3/c1-2-5-10-6(13-12-5)7(14)11-9(3-4-9)8(15)16/h2-4H2,1H3,(H,11,14)(H,15,16)(H,10,12,13). The number of H-pyrrole nitrogens is 1. The molecule has 0 aliphatic heterocycles. The van der Waals surface area contributed by atoms with Crippen LogP contribution in [0, 0.1) is 0 Å². The molecule has 0 atom stereocenters. The number of aliphatic carboxylic acids is 1. The molecule has 1 aromatic heterocycles. The highest BCUT2D eigenvalue weighted by molar-refractivity contribution is 5.96. The van der Waals surface area contributed by atoms with Gasteiger partial charge in [-0.15, -0.1) is 5.10 Å². The summed E-state index contributed by atoms with van der Waals surface area (Å²) in [6.45, 7) is 1.88. The number of carboxylic acid groups (broad SMARTS) is 1. The van der Waals surface area contributed by atoms with Crippen LogP contribution in [0.1, 0.15) is 36.2 Å². The molecule has 0 aromatic carbocycles.